The van der Waals surface area contributed by atoms with E-state index >= 15 is 0 Å². The Morgan fingerprint density at radius 2 is 2.17 bits per heavy atom. The van der Waals surface area contributed by atoms with Crippen molar-refractivity contribution >= 4 is 21.9 Å². The van der Waals surface area contributed by atoms with E-state index in [-0.39, 0.29) is 6.04 Å². The van der Waals surface area contributed by atoms with Crippen LogP contribution in [0, 0.1) is 5.92 Å². The highest BCUT2D eigenvalue weighted by Crippen LogP contribution is 2.23. The Hall–Kier alpha value is -0.880. The third-order valence-electron chi connectivity index (χ3n) is 2.89. The molecule has 102 valence electrons. The van der Waals surface area contributed by atoms with Crippen LogP contribution >= 0.6 is 15.9 Å². The number of hydrogen-bond donors (Lipinski definition) is 1. The molecule has 0 fully saturated rings. The van der Waals surface area contributed by atoms with Gasteiger partial charge in [0.25, 0.3) is 0 Å². The summed E-state index contributed by atoms with van der Waals surface area (Å²) in [6.07, 6.45) is 2.61. The van der Waals surface area contributed by atoms with Gasteiger partial charge in [-0.05, 0) is 28.3 Å². The minimum Gasteiger partial charge on any atom is -0.480 e. The molecule has 0 aliphatic heterocycles. The van der Waals surface area contributed by atoms with Gasteiger partial charge < -0.3 is 15.4 Å². The first-order valence-corrected chi connectivity index (χ1v) is 6.78. The van der Waals surface area contributed by atoms with Crippen molar-refractivity contribution in [3.63, 3.8) is 0 Å². The molecule has 0 bridgehead atoms. The molecular weight excluding hydrogens is 296 g/mol. The molecule has 0 radical (unpaired) electrons. The lowest BCUT2D eigenvalue weighted by atomic mass is 10.0. The van der Waals surface area contributed by atoms with E-state index in [1.165, 1.54) is 0 Å². The molecule has 0 amide bonds. The van der Waals surface area contributed by atoms with Crippen molar-refractivity contribution in [3.05, 3.63) is 10.7 Å². The van der Waals surface area contributed by atoms with E-state index in [9.17, 15) is 0 Å². The molecule has 1 rings (SSSR count). The Labute approximate surface area is 117 Å². The van der Waals surface area contributed by atoms with Crippen LogP contribution in [0.1, 0.15) is 20.3 Å². The molecule has 0 saturated heterocycles. The monoisotopic (exact) mass is 316 g/mol. The number of nitrogens with two attached hydrogens (primary N) is 1. The molecule has 0 saturated carbocycles. The molecule has 1 heterocycles. The first-order chi connectivity index (χ1) is 8.45. The highest BCUT2D eigenvalue weighted by atomic mass is 79.9. The predicted molar refractivity (Wildman–Crippen MR) is 77.0 cm³/mol. The van der Waals surface area contributed by atoms with Crippen molar-refractivity contribution in [1.29, 1.82) is 0 Å². The van der Waals surface area contributed by atoms with Gasteiger partial charge in [0.05, 0.1) is 17.8 Å². The Morgan fingerprint density at radius 1 is 1.50 bits per heavy atom. The fourth-order valence-electron chi connectivity index (χ4n) is 1.45. The zero-order chi connectivity index (χ0) is 13.7. The van der Waals surface area contributed by atoms with Crippen LogP contribution in [-0.2, 0) is 0 Å². The van der Waals surface area contributed by atoms with Gasteiger partial charge in [-0.15, -0.1) is 0 Å². The van der Waals surface area contributed by atoms with Crippen LogP contribution in [0.15, 0.2) is 10.7 Å². The van der Waals surface area contributed by atoms with Gasteiger partial charge in [-0.2, -0.15) is 4.98 Å². The largest absolute Gasteiger partial charge is 0.480 e. The molecule has 1 aromatic heterocycles. The Bertz CT molecular complexity index is 386. The fraction of sp³-hybridized carbons (Fsp3) is 0.667. The maximum atomic E-state index is 6.02. The lowest BCUT2D eigenvalue weighted by Gasteiger charge is -2.21. The minimum atomic E-state index is 0.199. The van der Waals surface area contributed by atoms with Crippen molar-refractivity contribution in [2.24, 2.45) is 11.7 Å². The number of anilines is 1. The van der Waals surface area contributed by atoms with Gasteiger partial charge in [0.1, 0.15) is 0 Å². The topological polar surface area (TPSA) is 64.3 Å². The number of methoxy groups -OCH3 is 1. The van der Waals surface area contributed by atoms with E-state index < -0.39 is 0 Å². The number of hydrogen-bond acceptors (Lipinski definition) is 5. The molecule has 0 aliphatic rings. The normalized spacial score (nSPS) is 12.6. The van der Waals surface area contributed by atoms with Gasteiger partial charge in [-0.25, -0.2) is 4.98 Å². The highest BCUT2D eigenvalue weighted by molar-refractivity contribution is 9.10. The van der Waals surface area contributed by atoms with Crippen molar-refractivity contribution in [1.82, 2.24) is 9.97 Å². The molecule has 0 spiro atoms. The number of rotatable bonds is 6. The molecule has 1 unspecified atom stereocenters. The number of nitrogens with zero attached hydrogens (tertiary/aromatic N) is 3. The minimum absolute atomic E-state index is 0.199. The van der Waals surface area contributed by atoms with Gasteiger partial charge >= 0.3 is 0 Å². The molecule has 18 heavy (non-hydrogen) atoms. The van der Waals surface area contributed by atoms with Gasteiger partial charge in [0.15, 0.2) is 0 Å². The van der Waals surface area contributed by atoms with Crippen LogP contribution in [0.2, 0.25) is 0 Å². The van der Waals surface area contributed by atoms with Crippen LogP contribution in [0.25, 0.3) is 0 Å². The predicted octanol–water partition coefficient (Wildman–Crippen LogP) is 2.06. The van der Waals surface area contributed by atoms with Crippen LogP contribution in [0.3, 0.4) is 0 Å². The third-order valence-corrected chi connectivity index (χ3v) is 3.43. The molecule has 2 N–H and O–H groups in total. The Morgan fingerprint density at radius 3 is 2.72 bits per heavy atom. The van der Waals surface area contributed by atoms with Gasteiger partial charge in [0, 0.05) is 19.6 Å². The third kappa shape index (κ3) is 4.10. The lowest BCUT2D eigenvalue weighted by Crippen LogP contribution is -2.32. The summed E-state index contributed by atoms with van der Waals surface area (Å²) in [6, 6.07) is 0.199. The summed E-state index contributed by atoms with van der Waals surface area (Å²) in [5, 5.41) is 0. The average molecular weight is 317 g/mol. The summed E-state index contributed by atoms with van der Waals surface area (Å²) in [5.41, 5.74) is 6.02. The second-order valence-corrected chi connectivity index (χ2v) is 5.50. The van der Waals surface area contributed by atoms with E-state index in [2.05, 4.69) is 39.7 Å². The second kappa shape index (κ2) is 6.89. The first kappa shape index (κ1) is 15.2. The highest BCUT2D eigenvalue weighted by Gasteiger charge is 2.12. The van der Waals surface area contributed by atoms with Crippen LogP contribution < -0.4 is 15.4 Å². The van der Waals surface area contributed by atoms with Crippen LogP contribution in [-0.4, -0.2) is 36.7 Å². The van der Waals surface area contributed by atoms with Gasteiger partial charge in [-0.3, -0.25) is 0 Å². The standard InChI is InChI=1S/C12H21BrN4O/c1-8(2)10(14)5-6-17(3)12-15-7-9(13)11(16-12)18-4/h7-8,10H,5-6,14H2,1-4H3. The molecule has 1 aromatic rings. The Kier molecular flexibility index (Phi) is 5.81. The smallest absolute Gasteiger partial charge is 0.232 e. The number of ether oxygens (including phenoxy) is 1. The maximum Gasteiger partial charge on any atom is 0.232 e. The summed E-state index contributed by atoms with van der Waals surface area (Å²) in [7, 11) is 3.54. The lowest BCUT2D eigenvalue weighted by molar-refractivity contribution is 0.393. The van der Waals surface area contributed by atoms with Crippen molar-refractivity contribution < 1.29 is 4.74 Å². The van der Waals surface area contributed by atoms with E-state index in [1.807, 2.05) is 11.9 Å². The van der Waals surface area contributed by atoms with E-state index in [4.69, 9.17) is 10.5 Å². The maximum absolute atomic E-state index is 6.02. The molecule has 6 heteroatoms. The summed E-state index contributed by atoms with van der Waals surface area (Å²) < 4.78 is 5.90. The summed E-state index contributed by atoms with van der Waals surface area (Å²) in [4.78, 5) is 10.6. The van der Waals surface area contributed by atoms with Crippen molar-refractivity contribution in [3.8, 4) is 5.88 Å². The fourth-order valence-corrected chi connectivity index (χ4v) is 1.80. The second-order valence-electron chi connectivity index (χ2n) is 4.65. The Balaban J connectivity index is 2.64. The summed E-state index contributed by atoms with van der Waals surface area (Å²) >= 11 is 3.33. The van der Waals surface area contributed by atoms with Crippen molar-refractivity contribution in [2.75, 3.05) is 25.6 Å². The molecular formula is C12H21BrN4O. The number of halogens is 1. The zero-order valence-corrected chi connectivity index (χ0v) is 12.9. The average Bonchev–Trinajstić information content (AvgIpc) is 2.35. The molecule has 0 aromatic carbocycles. The van der Waals surface area contributed by atoms with Gasteiger partial charge in [-0.1, -0.05) is 13.8 Å². The SMILES string of the molecule is COc1nc(N(C)CCC(N)C(C)C)ncc1Br. The van der Waals surface area contributed by atoms with Crippen LogP contribution in [0.4, 0.5) is 5.95 Å². The first-order valence-electron chi connectivity index (χ1n) is 5.99. The van der Waals surface area contributed by atoms with E-state index in [0.717, 1.165) is 17.4 Å². The summed E-state index contributed by atoms with van der Waals surface area (Å²) in [6.45, 7) is 5.08. The number of aromatic nitrogens is 2. The van der Waals surface area contributed by atoms with Crippen LogP contribution in [0.5, 0.6) is 5.88 Å². The van der Waals surface area contributed by atoms with Crippen molar-refractivity contribution in [2.45, 2.75) is 26.3 Å². The molecule has 0 aliphatic carbocycles. The quantitative estimate of drug-likeness (QED) is 0.870. The molecule has 5 nitrogen and oxygen atoms in total. The van der Waals surface area contributed by atoms with E-state index in [1.54, 1.807) is 13.3 Å². The van der Waals surface area contributed by atoms with E-state index in [0.29, 0.717) is 17.7 Å². The summed E-state index contributed by atoms with van der Waals surface area (Å²) in [5.74, 6) is 1.67. The zero-order valence-electron chi connectivity index (χ0n) is 11.4. The molecule has 1 atom stereocenters. The van der Waals surface area contributed by atoms with Gasteiger partial charge in [0.2, 0.25) is 11.8 Å².